The molecule has 3 aromatic rings. The van der Waals surface area contributed by atoms with Gasteiger partial charge in [-0.05, 0) is 60.2 Å². The van der Waals surface area contributed by atoms with E-state index in [-0.39, 0.29) is 24.1 Å². The number of carbonyl (C=O) groups excluding carboxylic acids is 3. The molecule has 3 heterocycles. The Hall–Kier alpha value is -3.87. The van der Waals surface area contributed by atoms with Gasteiger partial charge in [0.2, 0.25) is 11.8 Å². The number of carbonyl (C=O) groups is 3. The summed E-state index contributed by atoms with van der Waals surface area (Å²) in [5.74, 6) is -0.371. The Morgan fingerprint density at radius 1 is 1.14 bits per heavy atom. The Balaban J connectivity index is 1.28. The van der Waals surface area contributed by atoms with Gasteiger partial charge in [-0.3, -0.25) is 14.4 Å². The van der Waals surface area contributed by atoms with E-state index in [1.165, 1.54) is 12.5 Å². The van der Waals surface area contributed by atoms with Gasteiger partial charge >= 0.3 is 0 Å². The van der Waals surface area contributed by atoms with Gasteiger partial charge in [0.05, 0.1) is 17.7 Å². The van der Waals surface area contributed by atoms with Gasteiger partial charge in [0.15, 0.2) is 0 Å². The molecular weight excluding hydrogens is 442 g/mol. The zero-order valence-electron chi connectivity index (χ0n) is 20.0. The van der Waals surface area contributed by atoms with Gasteiger partial charge in [0.1, 0.15) is 6.26 Å². The first kappa shape index (κ1) is 22.9. The van der Waals surface area contributed by atoms with Gasteiger partial charge in [0.25, 0.3) is 5.91 Å². The number of furan rings is 1. The normalized spacial score (nSPS) is 18.0. The third-order valence-corrected chi connectivity index (χ3v) is 7.12. The quantitative estimate of drug-likeness (QED) is 0.549. The third kappa shape index (κ3) is 4.34. The molecule has 1 N–H and O–H groups in total. The lowest BCUT2D eigenvalue weighted by Crippen LogP contribution is -2.29. The first-order chi connectivity index (χ1) is 17.0. The first-order valence-corrected chi connectivity index (χ1v) is 12.1. The molecule has 2 atom stereocenters. The second kappa shape index (κ2) is 9.41. The van der Waals surface area contributed by atoms with E-state index in [2.05, 4.69) is 25.2 Å². The summed E-state index contributed by atoms with van der Waals surface area (Å²) in [6.45, 7) is 5.24. The van der Waals surface area contributed by atoms with Crippen LogP contribution < -0.4 is 15.1 Å². The summed E-state index contributed by atoms with van der Waals surface area (Å²) < 4.78 is 5.04. The molecule has 180 valence electrons. The second-order valence-corrected chi connectivity index (χ2v) is 9.33. The molecule has 1 fully saturated rings. The Bertz CT molecular complexity index is 1270. The van der Waals surface area contributed by atoms with E-state index in [4.69, 9.17) is 4.42 Å². The topological polar surface area (TPSA) is 82.9 Å². The molecule has 2 aliphatic rings. The highest BCUT2D eigenvalue weighted by molar-refractivity contribution is 6.07. The van der Waals surface area contributed by atoms with E-state index in [1.807, 2.05) is 36.4 Å². The number of rotatable bonds is 6. The van der Waals surface area contributed by atoms with Crippen molar-refractivity contribution in [1.29, 1.82) is 0 Å². The van der Waals surface area contributed by atoms with E-state index in [0.29, 0.717) is 36.7 Å². The third-order valence-electron chi connectivity index (χ3n) is 7.12. The summed E-state index contributed by atoms with van der Waals surface area (Å²) in [5.41, 5.74) is 5.08. The summed E-state index contributed by atoms with van der Waals surface area (Å²) in [6, 6.07) is 15.2. The number of benzene rings is 2. The monoisotopic (exact) mass is 471 g/mol. The van der Waals surface area contributed by atoms with Crippen LogP contribution in [0.5, 0.6) is 0 Å². The van der Waals surface area contributed by atoms with Crippen molar-refractivity contribution in [3.63, 3.8) is 0 Å². The van der Waals surface area contributed by atoms with Crippen molar-refractivity contribution in [2.45, 2.75) is 39.0 Å². The maximum Gasteiger partial charge on any atom is 0.261 e. The second-order valence-electron chi connectivity index (χ2n) is 9.33. The molecule has 1 saturated heterocycles. The number of anilines is 3. The Morgan fingerprint density at radius 3 is 2.74 bits per heavy atom. The lowest BCUT2D eigenvalue weighted by Gasteiger charge is -2.23. The van der Waals surface area contributed by atoms with Crippen LogP contribution in [0.1, 0.15) is 54.1 Å². The fourth-order valence-corrected chi connectivity index (χ4v) is 4.96. The number of fused-ring (bicyclic) bond motifs is 1. The Kier molecular flexibility index (Phi) is 6.16. The molecule has 0 bridgehead atoms. The largest absolute Gasteiger partial charge is 0.472 e. The number of nitrogens with one attached hydrogen (secondary N) is 1. The van der Waals surface area contributed by atoms with Crippen molar-refractivity contribution < 1.29 is 18.8 Å². The van der Waals surface area contributed by atoms with E-state index < -0.39 is 5.92 Å². The minimum atomic E-state index is -0.417. The molecule has 7 nitrogen and oxygen atoms in total. The fourth-order valence-electron chi connectivity index (χ4n) is 4.96. The van der Waals surface area contributed by atoms with Crippen molar-refractivity contribution in [3.8, 4) is 0 Å². The van der Waals surface area contributed by atoms with Crippen LogP contribution in [0.25, 0.3) is 0 Å². The highest BCUT2D eigenvalue weighted by Crippen LogP contribution is 2.35. The average Bonchev–Trinajstić information content (AvgIpc) is 3.63. The molecule has 7 heteroatoms. The van der Waals surface area contributed by atoms with Gasteiger partial charge in [-0.2, -0.15) is 0 Å². The van der Waals surface area contributed by atoms with Gasteiger partial charge in [0, 0.05) is 36.6 Å². The number of amides is 3. The number of hydrogen-bond donors (Lipinski definition) is 1. The zero-order chi connectivity index (χ0) is 24.5. The van der Waals surface area contributed by atoms with Crippen molar-refractivity contribution in [2.24, 2.45) is 5.92 Å². The lowest BCUT2D eigenvalue weighted by atomic mass is 9.96. The summed E-state index contributed by atoms with van der Waals surface area (Å²) >= 11 is 0. The van der Waals surface area contributed by atoms with Crippen molar-refractivity contribution in [3.05, 3.63) is 77.7 Å². The van der Waals surface area contributed by atoms with E-state index >= 15 is 0 Å². The molecule has 0 aliphatic carbocycles. The molecule has 0 spiro atoms. The highest BCUT2D eigenvalue weighted by Gasteiger charge is 2.36. The van der Waals surface area contributed by atoms with Crippen LogP contribution in [-0.4, -0.2) is 30.8 Å². The molecule has 2 unspecified atom stereocenters. The lowest BCUT2D eigenvalue weighted by molar-refractivity contribution is -0.122. The predicted octanol–water partition coefficient (Wildman–Crippen LogP) is 4.99. The molecule has 1 aromatic heterocycles. The van der Waals surface area contributed by atoms with Crippen LogP contribution in [0.2, 0.25) is 0 Å². The Morgan fingerprint density at radius 2 is 1.97 bits per heavy atom. The maximum absolute atomic E-state index is 13.1. The standard InChI is InChI=1S/C28H29N3O4/c1-3-18(2)23-6-4-5-7-25(23)31-16-21(15-26(31)32)27(33)29-22-8-9-24-19(14-22)10-12-30(24)28(34)20-11-13-35-17-20/h4-9,11,13-14,17-18,21H,3,10,12,15-16H2,1-2H3,(H,29,33). The van der Waals surface area contributed by atoms with Crippen molar-refractivity contribution in [2.75, 3.05) is 28.2 Å². The summed E-state index contributed by atoms with van der Waals surface area (Å²) in [5, 5.41) is 2.99. The van der Waals surface area contributed by atoms with Crippen LogP contribution in [0.3, 0.4) is 0 Å². The predicted molar refractivity (Wildman–Crippen MR) is 135 cm³/mol. The molecule has 0 saturated carbocycles. The molecule has 5 rings (SSSR count). The number of nitrogens with zero attached hydrogens (tertiary/aromatic N) is 2. The summed E-state index contributed by atoms with van der Waals surface area (Å²) in [6.07, 6.45) is 4.82. The molecular formula is C28H29N3O4. The zero-order valence-corrected chi connectivity index (χ0v) is 20.0. The van der Waals surface area contributed by atoms with Crippen LogP contribution in [0.15, 0.2) is 65.5 Å². The van der Waals surface area contributed by atoms with E-state index in [1.54, 1.807) is 15.9 Å². The summed E-state index contributed by atoms with van der Waals surface area (Å²) in [7, 11) is 0. The van der Waals surface area contributed by atoms with Crippen molar-refractivity contribution in [1.82, 2.24) is 0 Å². The average molecular weight is 472 g/mol. The minimum Gasteiger partial charge on any atom is -0.472 e. The molecule has 3 amide bonds. The van der Waals surface area contributed by atoms with Gasteiger partial charge < -0.3 is 19.5 Å². The minimum absolute atomic E-state index is 0.0248. The first-order valence-electron chi connectivity index (χ1n) is 12.1. The number of para-hydroxylation sites is 1. The van der Waals surface area contributed by atoms with E-state index in [9.17, 15) is 14.4 Å². The fraction of sp³-hybridized carbons (Fsp3) is 0.321. The van der Waals surface area contributed by atoms with E-state index in [0.717, 1.165) is 28.9 Å². The van der Waals surface area contributed by atoms with Gasteiger partial charge in [-0.15, -0.1) is 0 Å². The molecule has 35 heavy (non-hydrogen) atoms. The maximum atomic E-state index is 13.1. The molecule has 0 radical (unpaired) electrons. The van der Waals surface area contributed by atoms with Gasteiger partial charge in [-0.25, -0.2) is 0 Å². The van der Waals surface area contributed by atoms with Crippen LogP contribution in [-0.2, 0) is 16.0 Å². The Labute approximate surface area is 204 Å². The molecule has 2 aromatic carbocycles. The van der Waals surface area contributed by atoms with Crippen LogP contribution >= 0.6 is 0 Å². The SMILES string of the molecule is CCC(C)c1ccccc1N1CC(C(=O)Nc2ccc3c(c2)CCN3C(=O)c2ccoc2)CC1=O. The molecule has 2 aliphatic heterocycles. The van der Waals surface area contributed by atoms with Crippen molar-refractivity contribution >= 4 is 34.8 Å². The van der Waals surface area contributed by atoms with Crippen LogP contribution in [0, 0.1) is 5.92 Å². The number of hydrogen-bond acceptors (Lipinski definition) is 4. The summed E-state index contributed by atoms with van der Waals surface area (Å²) in [4.78, 5) is 42.2. The van der Waals surface area contributed by atoms with Gasteiger partial charge in [-0.1, -0.05) is 32.0 Å². The smallest absolute Gasteiger partial charge is 0.261 e. The van der Waals surface area contributed by atoms with Crippen LogP contribution in [0.4, 0.5) is 17.1 Å². The highest BCUT2D eigenvalue weighted by atomic mass is 16.3.